The first-order valence-corrected chi connectivity index (χ1v) is 6.11. The summed E-state index contributed by atoms with van der Waals surface area (Å²) in [5.74, 6) is 0. The van der Waals surface area contributed by atoms with Gasteiger partial charge in [0.15, 0.2) is 0 Å². The van der Waals surface area contributed by atoms with Crippen molar-refractivity contribution in [3.63, 3.8) is 0 Å². The Morgan fingerprint density at radius 3 is 2.72 bits per heavy atom. The first kappa shape index (κ1) is 12.6. The normalized spacial score (nSPS) is 10.4. The summed E-state index contributed by atoms with van der Waals surface area (Å²) < 4.78 is 0. The maximum Gasteiger partial charge on any atom is 0.0560 e. The van der Waals surface area contributed by atoms with Crippen LogP contribution in [0.1, 0.15) is 16.8 Å². The Morgan fingerprint density at radius 2 is 2.00 bits per heavy atom. The third-order valence-electron chi connectivity index (χ3n) is 3.12. The van der Waals surface area contributed by atoms with E-state index in [1.807, 2.05) is 18.3 Å². The van der Waals surface area contributed by atoms with Gasteiger partial charge in [-0.3, -0.25) is 4.98 Å². The summed E-state index contributed by atoms with van der Waals surface area (Å²) in [6.45, 7) is 3.51. The fraction of sp³-hybridized carbons (Fsp3) is 0.267. The monoisotopic (exact) mass is 241 g/mol. The molecule has 1 heterocycles. The maximum atomic E-state index is 5.61. The van der Waals surface area contributed by atoms with Crippen LogP contribution in [0.4, 0.5) is 5.69 Å². The highest BCUT2D eigenvalue weighted by Crippen LogP contribution is 2.17. The molecule has 3 heteroatoms. The lowest BCUT2D eigenvalue weighted by Gasteiger charge is -2.20. The number of benzene rings is 1. The van der Waals surface area contributed by atoms with Crippen molar-refractivity contribution in [2.24, 2.45) is 5.73 Å². The van der Waals surface area contributed by atoms with E-state index in [0.29, 0.717) is 6.54 Å². The van der Waals surface area contributed by atoms with Crippen LogP contribution in [0.2, 0.25) is 0 Å². The molecule has 0 fully saturated rings. The molecule has 0 aliphatic carbocycles. The fourth-order valence-electron chi connectivity index (χ4n) is 1.95. The number of rotatable bonds is 4. The second-order valence-electron chi connectivity index (χ2n) is 4.49. The van der Waals surface area contributed by atoms with Crippen LogP contribution in [-0.4, -0.2) is 12.0 Å². The zero-order valence-electron chi connectivity index (χ0n) is 10.9. The highest BCUT2D eigenvalue weighted by atomic mass is 15.1. The summed E-state index contributed by atoms with van der Waals surface area (Å²) in [5.41, 5.74) is 10.3. The van der Waals surface area contributed by atoms with Crippen LogP contribution in [0.3, 0.4) is 0 Å². The van der Waals surface area contributed by atoms with E-state index < -0.39 is 0 Å². The lowest BCUT2D eigenvalue weighted by atomic mass is 10.1. The summed E-state index contributed by atoms with van der Waals surface area (Å²) >= 11 is 0. The second-order valence-corrected chi connectivity index (χ2v) is 4.49. The van der Waals surface area contributed by atoms with Crippen LogP contribution < -0.4 is 10.6 Å². The molecule has 0 atom stereocenters. The minimum Gasteiger partial charge on any atom is -0.370 e. The van der Waals surface area contributed by atoms with Crippen LogP contribution in [0.25, 0.3) is 0 Å². The van der Waals surface area contributed by atoms with Gasteiger partial charge in [-0.25, -0.2) is 0 Å². The minimum absolute atomic E-state index is 0.478. The van der Waals surface area contributed by atoms with Crippen molar-refractivity contribution < 1.29 is 0 Å². The predicted octanol–water partition coefficient (Wildman–Crippen LogP) is 2.49. The van der Waals surface area contributed by atoms with Crippen molar-refractivity contribution in [1.29, 1.82) is 0 Å². The van der Waals surface area contributed by atoms with Crippen molar-refractivity contribution in [2.45, 2.75) is 20.0 Å². The summed E-state index contributed by atoms with van der Waals surface area (Å²) in [4.78, 5) is 6.42. The van der Waals surface area contributed by atoms with Crippen LogP contribution in [0.15, 0.2) is 42.6 Å². The standard InChI is InChI=1S/C15H19N3/c1-12-5-3-4-6-13(12)11-18(2)15-7-8-17-14(9-15)10-16/h3-9H,10-11,16H2,1-2H3. The number of aryl methyl sites for hydroxylation is 1. The van der Waals surface area contributed by atoms with E-state index >= 15 is 0 Å². The first-order chi connectivity index (χ1) is 8.70. The molecule has 0 saturated heterocycles. The number of hydrogen-bond acceptors (Lipinski definition) is 3. The van der Waals surface area contributed by atoms with E-state index in [1.165, 1.54) is 11.1 Å². The SMILES string of the molecule is Cc1ccccc1CN(C)c1ccnc(CN)c1. The van der Waals surface area contributed by atoms with E-state index in [-0.39, 0.29) is 0 Å². The zero-order valence-corrected chi connectivity index (χ0v) is 10.9. The van der Waals surface area contributed by atoms with Gasteiger partial charge in [-0.05, 0) is 30.2 Å². The molecule has 0 bridgehead atoms. The van der Waals surface area contributed by atoms with E-state index in [9.17, 15) is 0 Å². The number of hydrogen-bond donors (Lipinski definition) is 1. The van der Waals surface area contributed by atoms with Crippen molar-refractivity contribution in [3.05, 3.63) is 59.4 Å². The van der Waals surface area contributed by atoms with Crippen molar-refractivity contribution in [3.8, 4) is 0 Å². The van der Waals surface area contributed by atoms with Crippen LogP contribution in [-0.2, 0) is 13.1 Å². The Balaban J connectivity index is 2.16. The molecule has 0 aliphatic heterocycles. The highest BCUT2D eigenvalue weighted by molar-refractivity contribution is 5.46. The summed E-state index contributed by atoms with van der Waals surface area (Å²) in [7, 11) is 2.09. The molecular formula is C15H19N3. The molecule has 18 heavy (non-hydrogen) atoms. The molecule has 0 radical (unpaired) electrons. The van der Waals surface area contributed by atoms with E-state index in [0.717, 1.165) is 17.9 Å². The number of anilines is 1. The Hall–Kier alpha value is -1.87. The van der Waals surface area contributed by atoms with Gasteiger partial charge in [-0.2, -0.15) is 0 Å². The molecule has 0 aliphatic rings. The van der Waals surface area contributed by atoms with Gasteiger partial charge in [-0.1, -0.05) is 24.3 Å². The predicted molar refractivity (Wildman–Crippen MR) is 75.4 cm³/mol. The molecule has 0 amide bonds. The number of aromatic nitrogens is 1. The second kappa shape index (κ2) is 5.65. The van der Waals surface area contributed by atoms with Gasteiger partial charge in [0, 0.05) is 32.0 Å². The molecule has 2 N–H and O–H groups in total. The molecule has 2 rings (SSSR count). The summed E-state index contributed by atoms with van der Waals surface area (Å²) in [6, 6.07) is 12.5. The van der Waals surface area contributed by atoms with Gasteiger partial charge in [0.2, 0.25) is 0 Å². The van der Waals surface area contributed by atoms with Crippen molar-refractivity contribution in [1.82, 2.24) is 4.98 Å². The highest BCUT2D eigenvalue weighted by Gasteiger charge is 2.05. The van der Waals surface area contributed by atoms with Gasteiger partial charge in [-0.15, -0.1) is 0 Å². The lowest BCUT2D eigenvalue weighted by Crippen LogP contribution is -2.17. The Labute approximate surface area is 108 Å². The molecular weight excluding hydrogens is 222 g/mol. The quantitative estimate of drug-likeness (QED) is 0.894. The summed E-state index contributed by atoms with van der Waals surface area (Å²) in [6.07, 6.45) is 1.81. The molecule has 3 nitrogen and oxygen atoms in total. The van der Waals surface area contributed by atoms with Crippen LogP contribution in [0.5, 0.6) is 0 Å². The molecule has 1 aromatic carbocycles. The lowest BCUT2D eigenvalue weighted by molar-refractivity contribution is 0.902. The van der Waals surface area contributed by atoms with E-state index in [2.05, 4.69) is 48.1 Å². The summed E-state index contributed by atoms with van der Waals surface area (Å²) in [5, 5.41) is 0. The van der Waals surface area contributed by atoms with Gasteiger partial charge >= 0.3 is 0 Å². The molecule has 0 spiro atoms. The topological polar surface area (TPSA) is 42.2 Å². The minimum atomic E-state index is 0.478. The Kier molecular flexibility index (Phi) is 3.95. The smallest absolute Gasteiger partial charge is 0.0560 e. The number of nitrogens with zero attached hydrogens (tertiary/aromatic N) is 2. The largest absolute Gasteiger partial charge is 0.370 e. The third-order valence-corrected chi connectivity index (χ3v) is 3.12. The Bertz CT molecular complexity index is 523. The molecule has 0 saturated carbocycles. The maximum absolute atomic E-state index is 5.61. The fourth-order valence-corrected chi connectivity index (χ4v) is 1.95. The van der Waals surface area contributed by atoms with Gasteiger partial charge < -0.3 is 10.6 Å². The average Bonchev–Trinajstić information content (AvgIpc) is 2.41. The third kappa shape index (κ3) is 2.87. The van der Waals surface area contributed by atoms with Crippen LogP contribution in [0, 0.1) is 6.92 Å². The molecule has 2 aromatic rings. The zero-order chi connectivity index (χ0) is 13.0. The van der Waals surface area contributed by atoms with E-state index in [1.54, 1.807) is 0 Å². The molecule has 94 valence electrons. The van der Waals surface area contributed by atoms with Crippen LogP contribution >= 0.6 is 0 Å². The average molecular weight is 241 g/mol. The Morgan fingerprint density at radius 1 is 1.22 bits per heavy atom. The number of pyridine rings is 1. The number of nitrogens with two attached hydrogens (primary N) is 1. The van der Waals surface area contributed by atoms with Crippen molar-refractivity contribution >= 4 is 5.69 Å². The van der Waals surface area contributed by atoms with Crippen molar-refractivity contribution in [2.75, 3.05) is 11.9 Å². The first-order valence-electron chi connectivity index (χ1n) is 6.11. The van der Waals surface area contributed by atoms with Gasteiger partial charge in [0.05, 0.1) is 5.69 Å². The van der Waals surface area contributed by atoms with Gasteiger partial charge in [0.25, 0.3) is 0 Å². The molecule has 1 aromatic heterocycles. The van der Waals surface area contributed by atoms with Gasteiger partial charge in [0.1, 0.15) is 0 Å². The van der Waals surface area contributed by atoms with E-state index in [4.69, 9.17) is 5.73 Å². The molecule has 0 unspecified atom stereocenters.